The Labute approximate surface area is 167 Å². The molecule has 0 fully saturated rings. The predicted molar refractivity (Wildman–Crippen MR) is 107 cm³/mol. The predicted octanol–water partition coefficient (Wildman–Crippen LogP) is 4.63. The van der Waals surface area contributed by atoms with Crippen molar-refractivity contribution in [3.05, 3.63) is 89.0 Å². The van der Waals surface area contributed by atoms with E-state index in [1.165, 1.54) is 18.2 Å². The maximum absolute atomic E-state index is 14.4. The van der Waals surface area contributed by atoms with Gasteiger partial charge in [0.1, 0.15) is 11.6 Å². The zero-order valence-electron chi connectivity index (χ0n) is 15.7. The van der Waals surface area contributed by atoms with Crippen LogP contribution in [0.3, 0.4) is 0 Å². The highest BCUT2D eigenvalue weighted by Gasteiger charge is 2.19. The molecule has 3 rings (SSSR count). The van der Waals surface area contributed by atoms with E-state index in [0.29, 0.717) is 5.69 Å². The van der Waals surface area contributed by atoms with Gasteiger partial charge in [0.2, 0.25) is 0 Å². The molecule has 0 spiro atoms. The van der Waals surface area contributed by atoms with Crippen molar-refractivity contribution in [2.45, 2.75) is 18.7 Å². The van der Waals surface area contributed by atoms with Gasteiger partial charge in [-0.05, 0) is 67.4 Å². The van der Waals surface area contributed by atoms with Crippen LogP contribution in [0.2, 0.25) is 0 Å². The summed E-state index contributed by atoms with van der Waals surface area (Å²) in [6.07, 6.45) is 0. The Bertz CT molecular complexity index is 1170. The fraction of sp³-hybridized carbons (Fsp3) is 0.0952. The van der Waals surface area contributed by atoms with E-state index in [4.69, 9.17) is 0 Å². The molecule has 0 radical (unpaired) electrons. The summed E-state index contributed by atoms with van der Waals surface area (Å²) in [5.41, 5.74) is 1.60. The van der Waals surface area contributed by atoms with Gasteiger partial charge in [-0.1, -0.05) is 18.2 Å². The molecule has 0 aliphatic heterocycles. The van der Waals surface area contributed by atoms with Crippen LogP contribution in [0, 0.1) is 25.5 Å². The fourth-order valence-electron chi connectivity index (χ4n) is 2.85. The molecular weight excluding hydrogens is 398 g/mol. The molecule has 3 aromatic carbocycles. The van der Waals surface area contributed by atoms with Crippen molar-refractivity contribution in [1.82, 2.24) is 0 Å². The van der Waals surface area contributed by atoms with Crippen LogP contribution >= 0.6 is 0 Å². The second-order valence-corrected chi connectivity index (χ2v) is 8.24. The molecule has 1 amide bonds. The van der Waals surface area contributed by atoms with Gasteiger partial charge in [0, 0.05) is 5.69 Å². The third-order valence-corrected chi connectivity index (χ3v) is 5.47. The third kappa shape index (κ3) is 4.78. The topological polar surface area (TPSA) is 75.3 Å². The van der Waals surface area contributed by atoms with E-state index in [2.05, 4.69) is 10.0 Å². The highest BCUT2D eigenvalue weighted by Crippen LogP contribution is 2.23. The van der Waals surface area contributed by atoms with Crippen molar-refractivity contribution in [3.8, 4) is 0 Å². The lowest BCUT2D eigenvalue weighted by atomic mass is 10.1. The minimum atomic E-state index is -4.04. The number of anilines is 2. The average Bonchev–Trinajstić information content (AvgIpc) is 2.62. The lowest BCUT2D eigenvalue weighted by molar-refractivity contribution is 0.102. The van der Waals surface area contributed by atoms with Crippen LogP contribution in [0.4, 0.5) is 20.2 Å². The van der Waals surface area contributed by atoms with Gasteiger partial charge in [0.25, 0.3) is 15.9 Å². The van der Waals surface area contributed by atoms with Gasteiger partial charge in [-0.15, -0.1) is 0 Å². The molecule has 0 bridgehead atoms. The molecule has 0 saturated carbocycles. The van der Waals surface area contributed by atoms with Crippen molar-refractivity contribution in [2.75, 3.05) is 10.0 Å². The van der Waals surface area contributed by atoms with Gasteiger partial charge in [0.05, 0.1) is 16.1 Å². The number of carbonyl (C=O) groups is 1. The number of hydrogen-bond donors (Lipinski definition) is 2. The lowest BCUT2D eigenvalue weighted by Gasteiger charge is -2.12. The molecule has 0 aliphatic rings. The second-order valence-electron chi connectivity index (χ2n) is 6.56. The first-order chi connectivity index (χ1) is 13.7. The number of amides is 1. The molecule has 0 unspecified atom stereocenters. The Balaban J connectivity index is 1.83. The van der Waals surface area contributed by atoms with Crippen molar-refractivity contribution >= 4 is 27.3 Å². The summed E-state index contributed by atoms with van der Waals surface area (Å²) in [5, 5.41) is 2.24. The average molecular weight is 416 g/mol. The Morgan fingerprint density at radius 3 is 2.14 bits per heavy atom. The van der Waals surface area contributed by atoms with Gasteiger partial charge in [-0.25, -0.2) is 17.2 Å². The molecule has 0 heterocycles. The summed E-state index contributed by atoms with van der Waals surface area (Å²) >= 11 is 0. The van der Waals surface area contributed by atoms with E-state index in [0.717, 1.165) is 35.4 Å². The van der Waals surface area contributed by atoms with Crippen LogP contribution < -0.4 is 10.0 Å². The smallest absolute Gasteiger partial charge is 0.261 e. The van der Waals surface area contributed by atoms with Crippen molar-refractivity contribution in [2.24, 2.45) is 0 Å². The van der Waals surface area contributed by atoms with Crippen molar-refractivity contribution in [3.63, 3.8) is 0 Å². The van der Waals surface area contributed by atoms with Gasteiger partial charge in [0.15, 0.2) is 0 Å². The number of halogens is 2. The zero-order chi connectivity index (χ0) is 21.2. The van der Waals surface area contributed by atoms with E-state index in [1.807, 2.05) is 19.9 Å². The normalized spacial score (nSPS) is 11.2. The minimum absolute atomic E-state index is 0.250. The van der Waals surface area contributed by atoms with E-state index < -0.39 is 27.6 Å². The van der Waals surface area contributed by atoms with E-state index in [9.17, 15) is 22.0 Å². The molecule has 8 heteroatoms. The summed E-state index contributed by atoms with van der Waals surface area (Å²) in [6, 6.07) is 13.5. The quantitative estimate of drug-likeness (QED) is 0.637. The highest BCUT2D eigenvalue weighted by atomic mass is 32.2. The molecule has 29 heavy (non-hydrogen) atoms. The Morgan fingerprint density at radius 2 is 1.52 bits per heavy atom. The van der Waals surface area contributed by atoms with Crippen LogP contribution in [0.15, 0.2) is 65.6 Å². The largest absolute Gasteiger partial charge is 0.319 e. The number of sulfonamides is 1. The highest BCUT2D eigenvalue weighted by molar-refractivity contribution is 7.92. The molecule has 5 nitrogen and oxygen atoms in total. The first kappa shape index (κ1) is 20.5. The summed E-state index contributed by atoms with van der Waals surface area (Å²) in [5.74, 6) is -2.55. The monoisotopic (exact) mass is 416 g/mol. The molecule has 2 N–H and O–H groups in total. The Hall–Kier alpha value is -3.26. The van der Waals surface area contributed by atoms with Crippen molar-refractivity contribution < 1.29 is 22.0 Å². The molecule has 0 aliphatic carbocycles. The molecule has 0 aromatic heterocycles. The fourth-order valence-corrected chi connectivity index (χ4v) is 3.90. The third-order valence-electron chi connectivity index (χ3n) is 4.09. The van der Waals surface area contributed by atoms with E-state index in [-0.39, 0.29) is 16.1 Å². The van der Waals surface area contributed by atoms with E-state index >= 15 is 0 Å². The maximum atomic E-state index is 14.4. The van der Waals surface area contributed by atoms with Crippen LogP contribution in [0.5, 0.6) is 0 Å². The summed E-state index contributed by atoms with van der Waals surface area (Å²) in [4.78, 5) is 11.8. The first-order valence-corrected chi connectivity index (χ1v) is 10.1. The summed E-state index contributed by atoms with van der Waals surface area (Å²) in [6.45, 7) is 3.66. The number of nitrogens with one attached hydrogen (secondary N) is 2. The van der Waals surface area contributed by atoms with Crippen LogP contribution in [-0.4, -0.2) is 14.3 Å². The van der Waals surface area contributed by atoms with Crippen LogP contribution in [0.25, 0.3) is 0 Å². The lowest BCUT2D eigenvalue weighted by Crippen LogP contribution is -2.16. The van der Waals surface area contributed by atoms with Crippen LogP contribution in [-0.2, 0) is 10.0 Å². The summed E-state index contributed by atoms with van der Waals surface area (Å²) in [7, 11) is -4.04. The first-order valence-electron chi connectivity index (χ1n) is 8.62. The Kier molecular flexibility index (Phi) is 5.65. The summed E-state index contributed by atoms with van der Waals surface area (Å²) < 4.78 is 55.6. The number of rotatable bonds is 5. The number of hydrogen-bond acceptors (Lipinski definition) is 3. The van der Waals surface area contributed by atoms with Gasteiger partial charge >= 0.3 is 0 Å². The van der Waals surface area contributed by atoms with Gasteiger partial charge in [-0.2, -0.15) is 0 Å². The van der Waals surface area contributed by atoms with Crippen LogP contribution in [0.1, 0.15) is 21.5 Å². The second kappa shape index (κ2) is 8.00. The molecule has 3 aromatic rings. The minimum Gasteiger partial charge on any atom is -0.319 e. The van der Waals surface area contributed by atoms with Crippen molar-refractivity contribution in [1.29, 1.82) is 0 Å². The standard InChI is InChI=1S/C21H18F2N2O3S/c1-13-9-14(2)11-15(10-13)25-29(27,28)16-7-8-20(19(23)12-16)24-21(26)17-5-3-4-6-18(17)22/h3-12,25H,1-2H3,(H,24,26). The molecular formula is C21H18F2N2O3S. The SMILES string of the molecule is Cc1cc(C)cc(NS(=O)(=O)c2ccc(NC(=O)c3ccccc3F)c(F)c2)c1. The maximum Gasteiger partial charge on any atom is 0.261 e. The van der Waals surface area contributed by atoms with Gasteiger partial charge < -0.3 is 5.32 Å². The number of aryl methyl sites for hydroxylation is 2. The molecule has 150 valence electrons. The number of carbonyl (C=O) groups excluding carboxylic acids is 1. The van der Waals surface area contributed by atoms with Gasteiger partial charge in [-0.3, -0.25) is 9.52 Å². The zero-order valence-corrected chi connectivity index (χ0v) is 16.5. The number of benzene rings is 3. The van der Waals surface area contributed by atoms with E-state index in [1.54, 1.807) is 12.1 Å². The Morgan fingerprint density at radius 1 is 0.862 bits per heavy atom. The molecule has 0 atom stereocenters. The molecule has 0 saturated heterocycles.